The standard InChI is InChI=1S/C37H31ClN4O4S/c1-24-19-31(33(46-2)22-30(24)38)41-37(45)34(26-12-5-3-6-13-26)47-29-17-9-16-28(21-29)40-36(44)32(20-25-11-10-18-39-23-25)42-35(43)27-14-7-4-8-15-27/h3-23,34H,1-2H3,(H,40,44)(H,41,45)(H,42,43)/b32-20-. The van der Waals surface area contributed by atoms with E-state index in [2.05, 4.69) is 20.9 Å². The molecule has 3 N–H and O–H groups in total. The lowest BCUT2D eigenvalue weighted by molar-refractivity contribution is -0.116. The Morgan fingerprint density at radius 1 is 0.872 bits per heavy atom. The number of nitrogens with one attached hydrogen (secondary N) is 3. The Hall–Kier alpha value is -5.38. The third-order valence-corrected chi connectivity index (χ3v) is 8.60. The molecule has 47 heavy (non-hydrogen) atoms. The van der Waals surface area contributed by atoms with Crippen LogP contribution in [0, 0.1) is 6.92 Å². The molecule has 8 nitrogen and oxygen atoms in total. The number of methoxy groups -OCH3 is 1. The van der Waals surface area contributed by atoms with Crippen molar-refractivity contribution < 1.29 is 19.1 Å². The highest BCUT2D eigenvalue weighted by atomic mass is 35.5. The SMILES string of the molecule is COc1cc(Cl)c(C)cc1NC(=O)C(Sc1cccc(NC(=O)/C(=C/c2cccnc2)NC(=O)c2ccccc2)c1)c1ccccc1. The lowest BCUT2D eigenvalue weighted by Gasteiger charge is -2.19. The summed E-state index contributed by atoms with van der Waals surface area (Å²) in [6.45, 7) is 1.85. The number of aryl methyl sites for hydroxylation is 1. The van der Waals surface area contributed by atoms with Crippen molar-refractivity contribution in [3.63, 3.8) is 0 Å². The first-order valence-corrected chi connectivity index (χ1v) is 15.8. The number of anilines is 2. The largest absolute Gasteiger partial charge is 0.495 e. The van der Waals surface area contributed by atoms with Crippen molar-refractivity contribution in [2.24, 2.45) is 0 Å². The van der Waals surface area contributed by atoms with Gasteiger partial charge in [0.2, 0.25) is 5.91 Å². The van der Waals surface area contributed by atoms with E-state index in [1.165, 1.54) is 18.9 Å². The van der Waals surface area contributed by atoms with E-state index in [0.717, 1.165) is 16.0 Å². The highest BCUT2D eigenvalue weighted by Gasteiger charge is 2.24. The third kappa shape index (κ3) is 8.88. The Labute approximate surface area is 282 Å². The summed E-state index contributed by atoms with van der Waals surface area (Å²) in [5.74, 6) is -0.766. The number of rotatable bonds is 11. The van der Waals surface area contributed by atoms with Gasteiger partial charge in [-0.05, 0) is 72.2 Å². The second kappa shape index (κ2) is 15.8. The molecule has 5 rings (SSSR count). The quantitative estimate of drug-likeness (QED) is 0.0979. The van der Waals surface area contributed by atoms with Gasteiger partial charge in [-0.15, -0.1) is 11.8 Å². The highest BCUT2D eigenvalue weighted by molar-refractivity contribution is 8.00. The van der Waals surface area contributed by atoms with Crippen molar-refractivity contribution in [3.8, 4) is 5.75 Å². The van der Waals surface area contributed by atoms with E-state index in [-0.39, 0.29) is 11.6 Å². The van der Waals surface area contributed by atoms with Crippen molar-refractivity contribution >= 4 is 58.5 Å². The van der Waals surface area contributed by atoms with E-state index in [4.69, 9.17) is 16.3 Å². The summed E-state index contributed by atoms with van der Waals surface area (Å²) in [7, 11) is 1.52. The van der Waals surface area contributed by atoms with Crippen LogP contribution in [-0.2, 0) is 9.59 Å². The van der Waals surface area contributed by atoms with Crippen LogP contribution in [0.25, 0.3) is 6.08 Å². The molecule has 0 aliphatic heterocycles. The number of aromatic nitrogens is 1. The third-order valence-electron chi connectivity index (χ3n) is 6.95. The summed E-state index contributed by atoms with van der Waals surface area (Å²) in [6, 6.07) is 32.2. The van der Waals surface area contributed by atoms with Crippen molar-refractivity contribution in [1.29, 1.82) is 0 Å². The first kappa shape index (κ1) is 33.0. The molecule has 1 aromatic heterocycles. The van der Waals surface area contributed by atoms with Gasteiger partial charge in [-0.3, -0.25) is 19.4 Å². The molecule has 10 heteroatoms. The first-order valence-electron chi connectivity index (χ1n) is 14.6. The van der Waals surface area contributed by atoms with Crippen LogP contribution in [0.5, 0.6) is 5.75 Å². The number of halogens is 1. The van der Waals surface area contributed by atoms with Gasteiger partial charge in [0.25, 0.3) is 11.8 Å². The van der Waals surface area contributed by atoms with Crippen LogP contribution in [0.4, 0.5) is 11.4 Å². The molecule has 0 bridgehead atoms. The maximum atomic E-state index is 13.8. The molecule has 0 fully saturated rings. The monoisotopic (exact) mass is 662 g/mol. The van der Waals surface area contributed by atoms with Gasteiger partial charge in [-0.1, -0.05) is 72.3 Å². The Morgan fingerprint density at radius 3 is 2.32 bits per heavy atom. The van der Waals surface area contributed by atoms with Crippen LogP contribution < -0.4 is 20.7 Å². The number of carbonyl (C=O) groups is 3. The van der Waals surface area contributed by atoms with Gasteiger partial charge >= 0.3 is 0 Å². The molecular formula is C37H31ClN4O4S. The van der Waals surface area contributed by atoms with Gasteiger partial charge < -0.3 is 20.7 Å². The molecule has 236 valence electrons. The van der Waals surface area contributed by atoms with Crippen molar-refractivity contribution in [1.82, 2.24) is 10.3 Å². The maximum Gasteiger partial charge on any atom is 0.272 e. The molecule has 0 saturated carbocycles. The maximum absolute atomic E-state index is 13.8. The number of hydrogen-bond donors (Lipinski definition) is 3. The summed E-state index contributed by atoms with van der Waals surface area (Å²) in [5.41, 5.74) is 3.66. The van der Waals surface area contributed by atoms with E-state index in [0.29, 0.717) is 33.3 Å². The lowest BCUT2D eigenvalue weighted by Crippen LogP contribution is -2.30. The normalized spacial score (nSPS) is 11.7. The predicted molar refractivity (Wildman–Crippen MR) is 188 cm³/mol. The van der Waals surface area contributed by atoms with Gasteiger partial charge in [0, 0.05) is 39.6 Å². The number of amides is 3. The molecule has 0 spiro atoms. The molecule has 0 saturated heterocycles. The van der Waals surface area contributed by atoms with E-state index in [9.17, 15) is 14.4 Å². The van der Waals surface area contributed by atoms with Gasteiger partial charge in [0.15, 0.2) is 0 Å². The van der Waals surface area contributed by atoms with Crippen LogP contribution in [-0.4, -0.2) is 29.8 Å². The molecule has 0 aliphatic carbocycles. The number of pyridine rings is 1. The zero-order valence-electron chi connectivity index (χ0n) is 25.6. The summed E-state index contributed by atoms with van der Waals surface area (Å²) in [5, 5.41) is 8.50. The molecule has 0 aliphatic rings. The molecule has 3 amide bonds. The molecule has 5 aromatic rings. The second-order valence-corrected chi connectivity index (χ2v) is 11.9. The summed E-state index contributed by atoms with van der Waals surface area (Å²) in [6.07, 6.45) is 4.78. The number of carbonyl (C=O) groups excluding carboxylic acids is 3. The van der Waals surface area contributed by atoms with E-state index >= 15 is 0 Å². The Morgan fingerprint density at radius 2 is 1.62 bits per heavy atom. The van der Waals surface area contributed by atoms with Crippen molar-refractivity contribution in [2.75, 3.05) is 17.7 Å². The fourth-order valence-corrected chi connectivity index (χ4v) is 5.82. The van der Waals surface area contributed by atoms with Crippen LogP contribution in [0.1, 0.15) is 32.3 Å². The van der Waals surface area contributed by atoms with Gasteiger partial charge in [-0.25, -0.2) is 0 Å². The number of hydrogen-bond acceptors (Lipinski definition) is 6. The molecule has 4 aromatic carbocycles. The van der Waals surface area contributed by atoms with Crippen LogP contribution in [0.15, 0.2) is 132 Å². The minimum atomic E-state index is -0.644. The minimum Gasteiger partial charge on any atom is -0.495 e. The topological polar surface area (TPSA) is 109 Å². The van der Waals surface area contributed by atoms with Crippen molar-refractivity contribution in [3.05, 3.63) is 155 Å². The average Bonchev–Trinajstić information content (AvgIpc) is 3.09. The highest BCUT2D eigenvalue weighted by Crippen LogP contribution is 2.39. The summed E-state index contributed by atoms with van der Waals surface area (Å²) < 4.78 is 5.46. The second-order valence-electron chi connectivity index (χ2n) is 10.3. The van der Waals surface area contributed by atoms with Crippen LogP contribution >= 0.6 is 23.4 Å². The number of thioether (sulfide) groups is 1. The lowest BCUT2D eigenvalue weighted by atomic mass is 10.1. The number of ether oxygens (including phenoxy) is 1. The van der Waals surface area contributed by atoms with Gasteiger partial charge in [0.1, 0.15) is 16.7 Å². The van der Waals surface area contributed by atoms with Crippen LogP contribution in [0.3, 0.4) is 0 Å². The molecular weight excluding hydrogens is 632 g/mol. The zero-order chi connectivity index (χ0) is 33.2. The van der Waals surface area contributed by atoms with Crippen LogP contribution in [0.2, 0.25) is 5.02 Å². The zero-order valence-corrected chi connectivity index (χ0v) is 27.1. The number of nitrogens with zero attached hydrogens (tertiary/aromatic N) is 1. The van der Waals surface area contributed by atoms with E-state index in [1.54, 1.807) is 85.2 Å². The fraction of sp³-hybridized carbons (Fsp3) is 0.0811. The molecule has 1 atom stereocenters. The summed E-state index contributed by atoms with van der Waals surface area (Å²) >= 11 is 7.60. The summed E-state index contributed by atoms with van der Waals surface area (Å²) in [4.78, 5) is 45.2. The first-order chi connectivity index (χ1) is 22.8. The van der Waals surface area contributed by atoms with Crippen molar-refractivity contribution in [2.45, 2.75) is 17.1 Å². The molecule has 1 unspecified atom stereocenters. The minimum absolute atomic E-state index is 0.0404. The fourth-order valence-electron chi connectivity index (χ4n) is 4.58. The van der Waals surface area contributed by atoms with Gasteiger partial charge in [0.05, 0.1) is 12.8 Å². The number of benzene rings is 4. The Bertz CT molecular complexity index is 1900. The average molecular weight is 663 g/mol. The molecule has 0 radical (unpaired) electrons. The smallest absolute Gasteiger partial charge is 0.272 e. The van der Waals surface area contributed by atoms with Gasteiger partial charge in [-0.2, -0.15) is 0 Å². The molecule has 1 heterocycles. The Kier molecular flexibility index (Phi) is 11.1. The van der Waals surface area contributed by atoms with E-state index < -0.39 is 17.1 Å². The van der Waals surface area contributed by atoms with E-state index in [1.807, 2.05) is 49.4 Å². The predicted octanol–water partition coefficient (Wildman–Crippen LogP) is 7.93. The Balaban J connectivity index is 1.38.